The Hall–Kier alpha value is -2.13. The predicted molar refractivity (Wildman–Crippen MR) is 92.1 cm³/mol. The van der Waals surface area contributed by atoms with Gasteiger partial charge in [-0.1, -0.05) is 35.3 Å². The van der Waals surface area contributed by atoms with Crippen molar-refractivity contribution in [3.63, 3.8) is 0 Å². The lowest BCUT2D eigenvalue weighted by Gasteiger charge is -2.09. The highest BCUT2D eigenvalue weighted by Crippen LogP contribution is 2.24. The molecule has 1 heterocycles. The van der Waals surface area contributed by atoms with Crippen LogP contribution in [-0.2, 0) is 11.3 Å². The Morgan fingerprint density at radius 3 is 2.91 bits per heavy atom. The van der Waals surface area contributed by atoms with E-state index in [1.807, 2.05) is 13.0 Å². The molecular weight excluding hydrogens is 335 g/mol. The molecule has 0 saturated carbocycles. The van der Waals surface area contributed by atoms with Crippen LogP contribution in [0, 0.1) is 18.3 Å². The maximum absolute atomic E-state index is 9.34. The molecule has 0 radical (unpaired) electrons. The summed E-state index contributed by atoms with van der Waals surface area (Å²) in [5, 5.41) is 14.3. The van der Waals surface area contributed by atoms with Crippen LogP contribution in [0.2, 0.25) is 10.0 Å². The largest absolute Gasteiger partial charge is 0.380 e. The zero-order valence-corrected chi connectivity index (χ0v) is 14.1. The molecule has 0 aliphatic carbocycles. The molecule has 0 amide bonds. The summed E-state index contributed by atoms with van der Waals surface area (Å²) >= 11 is 12.0. The molecule has 0 bridgehead atoms. The van der Waals surface area contributed by atoms with Crippen LogP contribution in [0.4, 0.5) is 5.82 Å². The predicted octanol–water partition coefficient (Wildman–Crippen LogP) is 4.16. The van der Waals surface area contributed by atoms with Gasteiger partial charge in [0.1, 0.15) is 11.6 Å². The Bertz CT molecular complexity index is 784. The Morgan fingerprint density at radius 2 is 2.22 bits per heavy atom. The quantitative estimate of drug-likeness (QED) is 0.650. The van der Waals surface area contributed by atoms with Crippen molar-refractivity contribution in [1.29, 1.82) is 5.26 Å². The molecule has 1 aromatic carbocycles. The third kappa shape index (κ3) is 4.20. The van der Waals surface area contributed by atoms with Gasteiger partial charge < -0.3 is 4.74 Å². The molecule has 2 rings (SSSR count). The summed E-state index contributed by atoms with van der Waals surface area (Å²) in [6.45, 7) is 2.16. The molecular formula is C16H14Cl2N4O. The highest BCUT2D eigenvalue weighted by atomic mass is 35.5. The van der Waals surface area contributed by atoms with Crippen LogP contribution >= 0.6 is 23.2 Å². The first-order chi connectivity index (χ1) is 11.1. The number of nitrogens with one attached hydrogen (secondary N) is 1. The summed E-state index contributed by atoms with van der Waals surface area (Å²) in [5.74, 6) is 0.369. The molecule has 0 unspecified atom stereocenters. The van der Waals surface area contributed by atoms with Gasteiger partial charge in [-0.15, -0.1) is 0 Å². The molecule has 5 nitrogen and oxygen atoms in total. The Labute approximate surface area is 144 Å². The van der Waals surface area contributed by atoms with Crippen molar-refractivity contribution in [2.75, 3.05) is 12.5 Å². The number of ether oxygens (including phenoxy) is 1. The lowest BCUT2D eigenvalue weighted by atomic mass is 10.1. The molecule has 0 saturated heterocycles. The molecule has 0 spiro atoms. The lowest BCUT2D eigenvalue weighted by Crippen LogP contribution is -2.03. The Morgan fingerprint density at radius 1 is 1.43 bits per heavy atom. The summed E-state index contributed by atoms with van der Waals surface area (Å²) < 4.78 is 5.11. The number of aromatic nitrogens is 1. The topological polar surface area (TPSA) is 70.3 Å². The van der Waals surface area contributed by atoms with Crippen LogP contribution in [0.1, 0.15) is 22.4 Å². The third-order valence-electron chi connectivity index (χ3n) is 3.00. The van der Waals surface area contributed by atoms with Gasteiger partial charge in [0.05, 0.1) is 22.9 Å². The van der Waals surface area contributed by atoms with Crippen LogP contribution in [0.25, 0.3) is 0 Å². The minimum atomic E-state index is 0.324. The van der Waals surface area contributed by atoms with E-state index in [4.69, 9.17) is 27.9 Å². The maximum Gasteiger partial charge on any atom is 0.164 e. The van der Waals surface area contributed by atoms with Crippen molar-refractivity contribution >= 4 is 35.2 Å². The average molecular weight is 349 g/mol. The summed E-state index contributed by atoms with van der Waals surface area (Å²) in [5.41, 5.74) is 5.34. The average Bonchev–Trinajstić information content (AvgIpc) is 2.51. The number of hydrogen-bond acceptors (Lipinski definition) is 5. The maximum atomic E-state index is 9.34. The second-order valence-corrected chi connectivity index (χ2v) is 5.49. The number of nitriles is 1. The van der Waals surface area contributed by atoms with Crippen LogP contribution < -0.4 is 5.43 Å². The van der Waals surface area contributed by atoms with E-state index in [0.29, 0.717) is 33.6 Å². The summed E-state index contributed by atoms with van der Waals surface area (Å²) in [4.78, 5) is 4.30. The van der Waals surface area contributed by atoms with Gasteiger partial charge in [-0.05, 0) is 19.1 Å². The molecule has 0 aliphatic heterocycles. The lowest BCUT2D eigenvalue weighted by molar-refractivity contribution is 0.184. The second kappa shape index (κ2) is 7.93. The van der Waals surface area contributed by atoms with Gasteiger partial charge in [-0.2, -0.15) is 10.4 Å². The molecule has 2 aromatic rings. The summed E-state index contributed by atoms with van der Waals surface area (Å²) in [6, 6.07) is 9.18. The number of hydrazone groups is 1. The number of hydrogen-bond donors (Lipinski definition) is 1. The van der Waals surface area contributed by atoms with Crippen molar-refractivity contribution in [3.05, 3.63) is 56.7 Å². The van der Waals surface area contributed by atoms with Crippen molar-refractivity contribution in [3.8, 4) is 6.07 Å². The van der Waals surface area contributed by atoms with Gasteiger partial charge in [0.25, 0.3) is 0 Å². The molecule has 118 valence electrons. The van der Waals surface area contributed by atoms with E-state index in [1.165, 1.54) is 6.21 Å². The minimum Gasteiger partial charge on any atom is -0.380 e. The molecule has 0 fully saturated rings. The highest BCUT2D eigenvalue weighted by Gasteiger charge is 2.11. The first-order valence-corrected chi connectivity index (χ1v) is 7.45. The van der Waals surface area contributed by atoms with E-state index in [9.17, 15) is 5.26 Å². The van der Waals surface area contributed by atoms with Gasteiger partial charge in [-0.3, -0.25) is 5.43 Å². The fraction of sp³-hybridized carbons (Fsp3) is 0.188. The summed E-state index contributed by atoms with van der Waals surface area (Å²) in [7, 11) is 1.57. The molecule has 1 aromatic heterocycles. The van der Waals surface area contributed by atoms with Gasteiger partial charge >= 0.3 is 0 Å². The molecule has 1 N–H and O–H groups in total. The van der Waals surface area contributed by atoms with Crippen molar-refractivity contribution < 1.29 is 4.74 Å². The molecule has 23 heavy (non-hydrogen) atoms. The fourth-order valence-corrected chi connectivity index (χ4v) is 2.36. The van der Waals surface area contributed by atoms with Gasteiger partial charge in [0.2, 0.25) is 0 Å². The zero-order chi connectivity index (χ0) is 16.8. The van der Waals surface area contributed by atoms with E-state index >= 15 is 0 Å². The third-order valence-corrected chi connectivity index (χ3v) is 3.83. The smallest absolute Gasteiger partial charge is 0.164 e. The normalized spacial score (nSPS) is 10.7. The van der Waals surface area contributed by atoms with Crippen LogP contribution in [0.3, 0.4) is 0 Å². The van der Waals surface area contributed by atoms with Gasteiger partial charge in [0.15, 0.2) is 5.82 Å². The fourth-order valence-electron chi connectivity index (χ4n) is 2.00. The second-order valence-electron chi connectivity index (χ2n) is 4.70. The number of rotatable bonds is 5. The SMILES string of the molecule is COCc1cc(C)nc(NN=Cc2cccc(Cl)c2Cl)c1C#N. The number of halogens is 2. The standard InChI is InChI=1S/C16H14Cl2N4O/c1-10-6-12(9-23-2)13(7-19)16(21-10)22-20-8-11-4-3-5-14(17)15(11)18/h3-6,8H,9H2,1-2H3,(H,21,22). The van der Waals surface area contributed by atoms with E-state index < -0.39 is 0 Å². The van der Waals surface area contributed by atoms with E-state index in [0.717, 1.165) is 11.3 Å². The van der Waals surface area contributed by atoms with Crippen LogP contribution in [0.5, 0.6) is 0 Å². The monoisotopic (exact) mass is 348 g/mol. The van der Waals surface area contributed by atoms with Crippen molar-refractivity contribution in [2.24, 2.45) is 5.10 Å². The zero-order valence-electron chi connectivity index (χ0n) is 12.6. The van der Waals surface area contributed by atoms with Gasteiger partial charge in [-0.25, -0.2) is 4.98 Å². The van der Waals surface area contributed by atoms with Gasteiger partial charge in [0, 0.05) is 23.9 Å². The van der Waals surface area contributed by atoms with Crippen LogP contribution in [-0.4, -0.2) is 18.3 Å². The molecule has 0 atom stereocenters. The highest BCUT2D eigenvalue weighted by molar-refractivity contribution is 6.43. The Balaban J connectivity index is 2.28. The first kappa shape index (κ1) is 17.2. The van der Waals surface area contributed by atoms with Crippen LogP contribution in [0.15, 0.2) is 29.4 Å². The van der Waals surface area contributed by atoms with E-state index in [-0.39, 0.29) is 0 Å². The first-order valence-electron chi connectivity index (χ1n) is 6.69. The van der Waals surface area contributed by atoms with Crippen molar-refractivity contribution in [2.45, 2.75) is 13.5 Å². The minimum absolute atomic E-state index is 0.324. The molecule has 0 aliphatic rings. The van der Waals surface area contributed by atoms with E-state index in [1.54, 1.807) is 25.3 Å². The Kier molecular flexibility index (Phi) is 5.94. The van der Waals surface area contributed by atoms with E-state index in [2.05, 4.69) is 21.6 Å². The number of anilines is 1. The number of aryl methyl sites for hydroxylation is 1. The number of nitrogens with zero attached hydrogens (tertiary/aromatic N) is 3. The number of benzene rings is 1. The summed E-state index contributed by atoms with van der Waals surface area (Å²) in [6.07, 6.45) is 1.52. The molecule has 7 heteroatoms. The number of methoxy groups -OCH3 is 1. The number of pyridine rings is 1. The van der Waals surface area contributed by atoms with Crippen molar-refractivity contribution in [1.82, 2.24) is 4.98 Å².